The summed E-state index contributed by atoms with van der Waals surface area (Å²) in [7, 11) is 0. The third kappa shape index (κ3) is 2.27. The van der Waals surface area contributed by atoms with Gasteiger partial charge in [-0.3, -0.25) is 4.79 Å². The third-order valence-electron chi connectivity index (χ3n) is 4.30. The molecule has 1 fully saturated rings. The van der Waals surface area contributed by atoms with Crippen molar-refractivity contribution in [1.82, 2.24) is 5.32 Å². The van der Waals surface area contributed by atoms with Gasteiger partial charge in [0.1, 0.15) is 11.4 Å². The fraction of sp³-hybridized carbons (Fsp3) is 0.562. The molecule has 2 aliphatic heterocycles. The molecule has 102 valence electrons. The Kier molecular flexibility index (Phi) is 3.09. The summed E-state index contributed by atoms with van der Waals surface area (Å²) in [4.78, 5) is 12.3. The highest BCUT2D eigenvalue weighted by atomic mass is 16.5. The molecule has 1 spiro atoms. The van der Waals surface area contributed by atoms with Crippen molar-refractivity contribution in [3.8, 4) is 5.75 Å². The zero-order chi connectivity index (χ0) is 13.5. The van der Waals surface area contributed by atoms with Crippen LogP contribution in [0.25, 0.3) is 0 Å². The topological polar surface area (TPSA) is 38.3 Å². The van der Waals surface area contributed by atoms with Crippen LogP contribution < -0.4 is 10.1 Å². The number of ether oxygens (including phenoxy) is 1. The van der Waals surface area contributed by atoms with Gasteiger partial charge in [0.15, 0.2) is 5.78 Å². The lowest BCUT2D eigenvalue weighted by Crippen LogP contribution is -2.49. The van der Waals surface area contributed by atoms with E-state index in [9.17, 15) is 4.79 Å². The van der Waals surface area contributed by atoms with E-state index in [0.717, 1.165) is 37.2 Å². The van der Waals surface area contributed by atoms with Crippen molar-refractivity contribution < 1.29 is 9.53 Å². The van der Waals surface area contributed by atoms with Crippen LogP contribution in [-0.4, -0.2) is 24.5 Å². The lowest BCUT2D eigenvalue weighted by atomic mass is 9.82. The van der Waals surface area contributed by atoms with Gasteiger partial charge in [0.2, 0.25) is 0 Å². The standard InChI is InChI=1S/C16H21NO2/c1-11(2)12-3-4-13-14(18)10-16(19-15(13)9-12)5-7-17-8-6-16/h3-4,9,11,17H,5-8,10H2,1-2H3. The number of Topliss-reactive ketones (excluding diaryl/α,β-unsaturated/α-hetero) is 1. The van der Waals surface area contributed by atoms with Crippen LogP contribution in [0.1, 0.15) is 54.9 Å². The molecule has 3 rings (SSSR count). The first kappa shape index (κ1) is 12.7. The minimum absolute atomic E-state index is 0.235. The average Bonchev–Trinajstić information content (AvgIpc) is 2.38. The van der Waals surface area contributed by atoms with Gasteiger partial charge in [0.05, 0.1) is 12.0 Å². The lowest BCUT2D eigenvalue weighted by molar-refractivity contribution is 0.0187. The van der Waals surface area contributed by atoms with Gasteiger partial charge < -0.3 is 10.1 Å². The largest absolute Gasteiger partial charge is 0.486 e. The summed E-state index contributed by atoms with van der Waals surface area (Å²) >= 11 is 0. The summed E-state index contributed by atoms with van der Waals surface area (Å²) in [6.07, 6.45) is 2.37. The van der Waals surface area contributed by atoms with E-state index >= 15 is 0 Å². The summed E-state index contributed by atoms with van der Waals surface area (Å²) in [6, 6.07) is 6.03. The molecule has 1 N–H and O–H groups in total. The highest BCUT2D eigenvalue weighted by Gasteiger charge is 2.41. The quantitative estimate of drug-likeness (QED) is 0.842. The van der Waals surface area contributed by atoms with E-state index in [1.807, 2.05) is 12.1 Å². The van der Waals surface area contributed by atoms with Crippen LogP contribution in [0.15, 0.2) is 18.2 Å². The van der Waals surface area contributed by atoms with Crippen LogP contribution in [-0.2, 0) is 0 Å². The number of fused-ring (bicyclic) bond motifs is 1. The lowest BCUT2D eigenvalue weighted by Gasteiger charge is -2.41. The van der Waals surface area contributed by atoms with Crippen LogP contribution in [0.2, 0.25) is 0 Å². The average molecular weight is 259 g/mol. The molecule has 3 nitrogen and oxygen atoms in total. The van der Waals surface area contributed by atoms with E-state index in [1.165, 1.54) is 5.56 Å². The minimum atomic E-state index is -0.259. The number of nitrogens with one attached hydrogen (secondary N) is 1. The highest BCUT2D eigenvalue weighted by Crippen LogP contribution is 2.39. The number of benzene rings is 1. The number of hydrogen-bond donors (Lipinski definition) is 1. The van der Waals surface area contributed by atoms with Gasteiger partial charge in [-0.05, 0) is 36.7 Å². The Morgan fingerprint density at radius 3 is 2.68 bits per heavy atom. The van der Waals surface area contributed by atoms with Gasteiger partial charge in [-0.2, -0.15) is 0 Å². The molecule has 1 saturated heterocycles. The molecule has 0 amide bonds. The first-order valence-electron chi connectivity index (χ1n) is 7.17. The number of hydrogen-bond acceptors (Lipinski definition) is 3. The SMILES string of the molecule is CC(C)c1ccc2c(c1)OC1(CCNCC1)CC2=O. The zero-order valence-corrected chi connectivity index (χ0v) is 11.7. The normalized spacial score (nSPS) is 21.3. The molecular weight excluding hydrogens is 238 g/mol. The molecule has 2 aliphatic rings. The van der Waals surface area contributed by atoms with Gasteiger partial charge in [0, 0.05) is 12.8 Å². The molecule has 0 aliphatic carbocycles. The van der Waals surface area contributed by atoms with E-state index in [0.29, 0.717) is 12.3 Å². The summed E-state index contributed by atoms with van der Waals surface area (Å²) in [5.74, 6) is 1.48. The van der Waals surface area contributed by atoms with Crippen molar-refractivity contribution in [2.24, 2.45) is 0 Å². The smallest absolute Gasteiger partial charge is 0.170 e. The first-order valence-corrected chi connectivity index (χ1v) is 7.17. The molecule has 0 radical (unpaired) electrons. The van der Waals surface area contributed by atoms with Gasteiger partial charge in [0.25, 0.3) is 0 Å². The van der Waals surface area contributed by atoms with Gasteiger partial charge in [-0.1, -0.05) is 19.9 Å². The van der Waals surface area contributed by atoms with Crippen molar-refractivity contribution in [2.45, 2.75) is 44.6 Å². The van der Waals surface area contributed by atoms with E-state index < -0.39 is 0 Å². The molecule has 0 bridgehead atoms. The number of piperidine rings is 1. The molecule has 0 aromatic heterocycles. The third-order valence-corrected chi connectivity index (χ3v) is 4.30. The maximum Gasteiger partial charge on any atom is 0.170 e. The summed E-state index contributed by atoms with van der Waals surface area (Å²) in [6.45, 7) is 6.19. The predicted molar refractivity (Wildman–Crippen MR) is 74.9 cm³/mol. The number of ketones is 1. The number of rotatable bonds is 1. The summed E-state index contributed by atoms with van der Waals surface area (Å²) in [5, 5.41) is 3.33. The molecule has 3 heteroatoms. The Balaban J connectivity index is 1.97. The molecule has 0 atom stereocenters. The second-order valence-corrected chi connectivity index (χ2v) is 6.05. The van der Waals surface area contributed by atoms with Gasteiger partial charge >= 0.3 is 0 Å². The zero-order valence-electron chi connectivity index (χ0n) is 11.7. The fourth-order valence-electron chi connectivity index (χ4n) is 3.03. The predicted octanol–water partition coefficient (Wildman–Crippen LogP) is 2.90. The monoisotopic (exact) mass is 259 g/mol. The van der Waals surface area contributed by atoms with E-state index in [1.54, 1.807) is 0 Å². The van der Waals surface area contributed by atoms with Gasteiger partial charge in [-0.15, -0.1) is 0 Å². The first-order chi connectivity index (χ1) is 9.10. The summed E-state index contributed by atoms with van der Waals surface area (Å²) < 4.78 is 6.26. The summed E-state index contributed by atoms with van der Waals surface area (Å²) in [5.41, 5.74) is 1.73. The van der Waals surface area contributed by atoms with Gasteiger partial charge in [-0.25, -0.2) is 0 Å². The molecule has 19 heavy (non-hydrogen) atoms. The van der Waals surface area contributed by atoms with Crippen LogP contribution >= 0.6 is 0 Å². The van der Waals surface area contributed by atoms with Crippen LogP contribution in [0.3, 0.4) is 0 Å². The Morgan fingerprint density at radius 2 is 2.00 bits per heavy atom. The Morgan fingerprint density at radius 1 is 1.26 bits per heavy atom. The van der Waals surface area contributed by atoms with E-state index in [-0.39, 0.29) is 11.4 Å². The second-order valence-electron chi connectivity index (χ2n) is 6.05. The Hall–Kier alpha value is -1.35. The minimum Gasteiger partial charge on any atom is -0.486 e. The van der Waals surface area contributed by atoms with Crippen molar-refractivity contribution in [1.29, 1.82) is 0 Å². The Labute approximate surface area is 114 Å². The number of carbonyl (C=O) groups is 1. The fourth-order valence-corrected chi connectivity index (χ4v) is 3.03. The molecular formula is C16H21NO2. The van der Waals surface area contributed by atoms with Crippen LogP contribution in [0, 0.1) is 0 Å². The molecule has 1 aromatic carbocycles. The van der Waals surface area contributed by atoms with Crippen molar-refractivity contribution in [3.63, 3.8) is 0 Å². The number of carbonyl (C=O) groups excluding carboxylic acids is 1. The van der Waals surface area contributed by atoms with Crippen LogP contribution in [0.5, 0.6) is 5.75 Å². The van der Waals surface area contributed by atoms with Crippen molar-refractivity contribution in [3.05, 3.63) is 29.3 Å². The maximum atomic E-state index is 12.3. The van der Waals surface area contributed by atoms with Crippen molar-refractivity contribution >= 4 is 5.78 Å². The Bertz CT molecular complexity index is 501. The molecule has 1 aromatic rings. The molecule has 2 heterocycles. The second kappa shape index (κ2) is 4.64. The molecule has 0 saturated carbocycles. The highest BCUT2D eigenvalue weighted by molar-refractivity contribution is 6.00. The maximum absolute atomic E-state index is 12.3. The van der Waals surface area contributed by atoms with Crippen LogP contribution in [0.4, 0.5) is 0 Å². The van der Waals surface area contributed by atoms with E-state index in [2.05, 4.69) is 25.2 Å². The van der Waals surface area contributed by atoms with E-state index in [4.69, 9.17) is 4.74 Å². The van der Waals surface area contributed by atoms with Crippen molar-refractivity contribution in [2.75, 3.05) is 13.1 Å². The molecule has 0 unspecified atom stereocenters.